The molecule has 0 aliphatic carbocycles. The molecule has 10 nitrogen and oxygen atoms in total. The fourth-order valence-electron chi connectivity index (χ4n) is 4.68. The van der Waals surface area contributed by atoms with Crippen LogP contribution in [0.1, 0.15) is 16.8 Å². The van der Waals surface area contributed by atoms with Crippen LogP contribution in [0.2, 0.25) is 0 Å². The summed E-state index contributed by atoms with van der Waals surface area (Å²) in [5.74, 6) is -0.0778. The molecule has 2 aromatic heterocycles. The van der Waals surface area contributed by atoms with Gasteiger partial charge >= 0.3 is 5.69 Å². The van der Waals surface area contributed by atoms with Crippen LogP contribution in [-0.4, -0.2) is 66.5 Å². The first kappa shape index (κ1) is 22.6. The summed E-state index contributed by atoms with van der Waals surface area (Å²) in [6, 6.07) is 13.5. The highest BCUT2D eigenvalue weighted by atomic mass is 16.2. The Labute approximate surface area is 200 Å². The zero-order valence-electron chi connectivity index (χ0n) is 19.7. The largest absolute Gasteiger partial charge is 0.339 e. The number of imidazole rings is 1. The van der Waals surface area contributed by atoms with Crippen molar-refractivity contribution in [2.24, 2.45) is 14.1 Å². The summed E-state index contributed by atoms with van der Waals surface area (Å²) in [6.45, 7) is 2.11. The summed E-state index contributed by atoms with van der Waals surface area (Å²) < 4.78 is 3.98. The third-order valence-electron chi connectivity index (χ3n) is 6.72. The van der Waals surface area contributed by atoms with Gasteiger partial charge in [0.1, 0.15) is 0 Å². The Hall–Kier alpha value is -4.21. The fraction of sp³-hybridized carbons (Fsp3) is 0.320. The van der Waals surface area contributed by atoms with Crippen molar-refractivity contribution >= 4 is 33.8 Å². The van der Waals surface area contributed by atoms with Gasteiger partial charge in [-0.15, -0.1) is 0 Å². The van der Waals surface area contributed by atoms with Crippen molar-refractivity contribution in [3.05, 3.63) is 75.2 Å². The van der Waals surface area contributed by atoms with Crippen molar-refractivity contribution in [2.75, 3.05) is 26.2 Å². The van der Waals surface area contributed by atoms with E-state index in [4.69, 9.17) is 0 Å². The number of nitrogens with zero attached hydrogens (tertiary/aromatic N) is 6. The first-order valence-corrected chi connectivity index (χ1v) is 11.5. The first-order valence-electron chi connectivity index (χ1n) is 11.5. The predicted octanol–water partition coefficient (Wildman–Crippen LogP) is 0.962. The SMILES string of the molecule is Cn1c(=O)c2c(ncn2CCC(=O)N2CCN(C(=O)c3cccc4ccccc34)CC2)n(C)c1=O. The van der Waals surface area contributed by atoms with Gasteiger partial charge < -0.3 is 14.4 Å². The maximum atomic E-state index is 13.2. The molecule has 0 N–H and O–H groups in total. The van der Waals surface area contributed by atoms with Crippen LogP contribution in [0, 0.1) is 0 Å². The topological polar surface area (TPSA) is 102 Å². The minimum atomic E-state index is -0.445. The van der Waals surface area contributed by atoms with Crippen LogP contribution in [-0.2, 0) is 25.4 Å². The monoisotopic (exact) mass is 474 g/mol. The Kier molecular flexibility index (Phi) is 5.72. The molecule has 35 heavy (non-hydrogen) atoms. The molecule has 1 aliphatic heterocycles. The van der Waals surface area contributed by atoms with Crippen LogP contribution in [0.15, 0.2) is 58.4 Å². The molecule has 0 atom stereocenters. The fourth-order valence-corrected chi connectivity index (χ4v) is 4.68. The molecule has 180 valence electrons. The Morgan fingerprint density at radius 1 is 0.886 bits per heavy atom. The number of aryl methyl sites for hydroxylation is 2. The molecule has 1 saturated heterocycles. The van der Waals surface area contributed by atoms with Crippen molar-refractivity contribution in [3.63, 3.8) is 0 Å². The van der Waals surface area contributed by atoms with Crippen molar-refractivity contribution in [2.45, 2.75) is 13.0 Å². The molecule has 5 rings (SSSR count). The number of benzene rings is 2. The second-order valence-corrected chi connectivity index (χ2v) is 8.77. The molecule has 3 heterocycles. The highest BCUT2D eigenvalue weighted by Gasteiger charge is 2.26. The third-order valence-corrected chi connectivity index (χ3v) is 6.72. The summed E-state index contributed by atoms with van der Waals surface area (Å²) in [7, 11) is 2.98. The minimum absolute atomic E-state index is 0.0276. The van der Waals surface area contributed by atoms with Gasteiger partial charge in [0.2, 0.25) is 5.91 Å². The van der Waals surface area contributed by atoms with Gasteiger partial charge in [0.05, 0.1) is 6.33 Å². The van der Waals surface area contributed by atoms with Crippen LogP contribution in [0.25, 0.3) is 21.9 Å². The lowest BCUT2D eigenvalue weighted by Crippen LogP contribution is -2.50. The average Bonchev–Trinajstić information content (AvgIpc) is 3.33. The van der Waals surface area contributed by atoms with Gasteiger partial charge in [0, 0.05) is 58.8 Å². The van der Waals surface area contributed by atoms with Crippen molar-refractivity contribution < 1.29 is 9.59 Å². The summed E-state index contributed by atoms with van der Waals surface area (Å²) in [4.78, 5) is 58.5. The normalized spacial score (nSPS) is 14.1. The van der Waals surface area contributed by atoms with Gasteiger partial charge in [-0.25, -0.2) is 9.78 Å². The summed E-state index contributed by atoms with van der Waals surface area (Å²) in [6.07, 6.45) is 1.67. The Morgan fingerprint density at radius 2 is 1.57 bits per heavy atom. The molecule has 4 aromatic rings. The highest BCUT2D eigenvalue weighted by Crippen LogP contribution is 2.21. The summed E-state index contributed by atoms with van der Waals surface area (Å²) in [5.41, 5.74) is 0.387. The van der Waals surface area contributed by atoms with E-state index in [0.717, 1.165) is 15.3 Å². The van der Waals surface area contributed by atoms with Gasteiger partial charge in [-0.2, -0.15) is 0 Å². The van der Waals surface area contributed by atoms with E-state index in [2.05, 4.69) is 4.98 Å². The molecule has 1 fully saturated rings. The zero-order chi connectivity index (χ0) is 24.7. The van der Waals surface area contributed by atoms with E-state index in [0.29, 0.717) is 42.9 Å². The maximum absolute atomic E-state index is 13.2. The molecule has 2 amide bonds. The van der Waals surface area contributed by atoms with E-state index < -0.39 is 11.2 Å². The smallest absolute Gasteiger partial charge is 0.332 e. The first-order chi connectivity index (χ1) is 16.9. The van der Waals surface area contributed by atoms with Gasteiger partial charge in [0.15, 0.2) is 11.2 Å². The van der Waals surface area contributed by atoms with Crippen molar-refractivity contribution in [1.82, 2.24) is 28.5 Å². The number of fused-ring (bicyclic) bond motifs is 2. The van der Waals surface area contributed by atoms with E-state index in [1.54, 1.807) is 21.4 Å². The van der Waals surface area contributed by atoms with Crippen LogP contribution in [0.5, 0.6) is 0 Å². The molecule has 0 radical (unpaired) electrons. The van der Waals surface area contributed by atoms with Crippen molar-refractivity contribution in [3.8, 4) is 0 Å². The molecule has 10 heteroatoms. The maximum Gasteiger partial charge on any atom is 0.332 e. The highest BCUT2D eigenvalue weighted by molar-refractivity contribution is 6.07. The molecule has 2 aromatic carbocycles. The van der Waals surface area contributed by atoms with Gasteiger partial charge in [-0.3, -0.25) is 23.5 Å². The number of carbonyl (C=O) groups is 2. The molecule has 0 spiro atoms. The van der Waals surface area contributed by atoms with E-state index in [1.165, 1.54) is 17.9 Å². The minimum Gasteiger partial charge on any atom is -0.339 e. The number of hydrogen-bond donors (Lipinski definition) is 0. The zero-order valence-corrected chi connectivity index (χ0v) is 19.7. The molecule has 0 unspecified atom stereocenters. The van der Waals surface area contributed by atoms with Gasteiger partial charge in [0.25, 0.3) is 11.5 Å². The molecule has 0 saturated carbocycles. The lowest BCUT2D eigenvalue weighted by molar-refractivity contribution is -0.132. The number of piperazine rings is 1. The number of hydrogen-bond acceptors (Lipinski definition) is 5. The Morgan fingerprint density at radius 3 is 2.34 bits per heavy atom. The van der Waals surface area contributed by atoms with E-state index in [9.17, 15) is 19.2 Å². The van der Waals surface area contributed by atoms with E-state index in [1.807, 2.05) is 42.5 Å². The number of carbonyl (C=O) groups excluding carboxylic acids is 2. The van der Waals surface area contributed by atoms with Crippen LogP contribution in [0.4, 0.5) is 0 Å². The predicted molar refractivity (Wildman–Crippen MR) is 131 cm³/mol. The molecular weight excluding hydrogens is 448 g/mol. The number of amides is 2. The average molecular weight is 475 g/mol. The third kappa shape index (κ3) is 3.90. The standard InChI is InChI=1S/C25H26N6O4/c1-27-22-21(24(34)28(2)25(27)35)31(16-26-22)11-10-20(32)29-12-14-30(15-13-29)23(33)19-9-5-7-17-6-3-4-8-18(17)19/h3-9,16H,10-15H2,1-2H3. The summed E-state index contributed by atoms with van der Waals surface area (Å²) in [5, 5.41) is 1.95. The lowest BCUT2D eigenvalue weighted by Gasteiger charge is -2.35. The van der Waals surface area contributed by atoms with E-state index in [-0.39, 0.29) is 24.8 Å². The lowest BCUT2D eigenvalue weighted by atomic mass is 10.0. The summed E-state index contributed by atoms with van der Waals surface area (Å²) >= 11 is 0. The van der Waals surface area contributed by atoms with Crippen molar-refractivity contribution in [1.29, 1.82) is 0 Å². The van der Waals surface area contributed by atoms with Crippen LogP contribution >= 0.6 is 0 Å². The van der Waals surface area contributed by atoms with Crippen LogP contribution < -0.4 is 11.2 Å². The molecule has 0 bridgehead atoms. The van der Waals surface area contributed by atoms with Gasteiger partial charge in [-0.05, 0) is 16.8 Å². The molecule has 1 aliphatic rings. The number of rotatable bonds is 4. The number of aromatic nitrogens is 4. The quantitative estimate of drug-likeness (QED) is 0.439. The van der Waals surface area contributed by atoms with Gasteiger partial charge in [-0.1, -0.05) is 36.4 Å². The van der Waals surface area contributed by atoms with Crippen LogP contribution in [0.3, 0.4) is 0 Å². The van der Waals surface area contributed by atoms with E-state index >= 15 is 0 Å². The molecular formula is C25H26N6O4. The second kappa shape index (κ2) is 8.86. The second-order valence-electron chi connectivity index (χ2n) is 8.77. The Bertz CT molecular complexity index is 1570. The Balaban J connectivity index is 1.24.